The van der Waals surface area contributed by atoms with Crippen LogP contribution in [0, 0.1) is 6.92 Å². The molecule has 3 N–H and O–H groups in total. The van der Waals surface area contributed by atoms with Crippen molar-refractivity contribution in [2.75, 3.05) is 0 Å². The summed E-state index contributed by atoms with van der Waals surface area (Å²) in [4.78, 5) is 16.9. The molecule has 1 aromatic heterocycles. The number of hydrogen-bond acceptors (Lipinski definition) is 4. The van der Waals surface area contributed by atoms with Gasteiger partial charge in [0.25, 0.3) is 0 Å². The third-order valence-corrected chi connectivity index (χ3v) is 3.24. The zero-order valence-corrected chi connectivity index (χ0v) is 10.1. The van der Waals surface area contributed by atoms with Gasteiger partial charge in [-0.2, -0.15) is 0 Å². The van der Waals surface area contributed by atoms with Crippen LogP contribution in [0.5, 0.6) is 0 Å². The summed E-state index contributed by atoms with van der Waals surface area (Å²) >= 11 is 1.59. The van der Waals surface area contributed by atoms with Gasteiger partial charge in [0.2, 0.25) is 5.91 Å². The van der Waals surface area contributed by atoms with Gasteiger partial charge in [0.1, 0.15) is 5.01 Å². The Kier molecular flexibility index (Phi) is 4.23. The van der Waals surface area contributed by atoms with Gasteiger partial charge in [0.15, 0.2) is 0 Å². The molecule has 0 saturated carbocycles. The number of thiazole rings is 1. The fourth-order valence-electron chi connectivity index (χ4n) is 1.14. The summed E-state index contributed by atoms with van der Waals surface area (Å²) in [5.74, 6) is -0.113. The lowest BCUT2D eigenvalue weighted by Gasteiger charge is -2.14. The Morgan fingerprint density at radius 1 is 1.73 bits per heavy atom. The number of carbonyl (C=O) groups is 1. The van der Waals surface area contributed by atoms with E-state index in [1.54, 1.807) is 11.3 Å². The Labute approximate surface area is 93.9 Å². The molecular weight excluding hydrogens is 210 g/mol. The summed E-state index contributed by atoms with van der Waals surface area (Å²) in [6.07, 6.45) is 2.46. The summed E-state index contributed by atoms with van der Waals surface area (Å²) in [7, 11) is 0. The molecule has 1 amide bonds. The zero-order valence-electron chi connectivity index (χ0n) is 9.28. The van der Waals surface area contributed by atoms with Gasteiger partial charge in [-0.1, -0.05) is 6.92 Å². The van der Waals surface area contributed by atoms with E-state index in [2.05, 4.69) is 10.3 Å². The Bertz CT molecular complexity index is 337. The van der Waals surface area contributed by atoms with Crippen molar-refractivity contribution in [1.82, 2.24) is 10.3 Å². The number of nitrogens with one attached hydrogen (secondary N) is 1. The van der Waals surface area contributed by atoms with E-state index in [0.717, 1.165) is 9.88 Å². The van der Waals surface area contributed by atoms with Crippen molar-refractivity contribution in [3.63, 3.8) is 0 Å². The van der Waals surface area contributed by atoms with Crippen molar-refractivity contribution in [2.24, 2.45) is 5.73 Å². The van der Waals surface area contributed by atoms with Crippen molar-refractivity contribution in [2.45, 2.75) is 39.3 Å². The third-order valence-electron chi connectivity index (χ3n) is 2.14. The number of rotatable bonds is 4. The molecule has 0 bridgehead atoms. The summed E-state index contributed by atoms with van der Waals surface area (Å²) in [6.45, 7) is 5.80. The Balaban J connectivity index is 2.56. The first-order valence-electron chi connectivity index (χ1n) is 5.02. The second-order valence-electron chi connectivity index (χ2n) is 3.55. The Morgan fingerprint density at radius 3 is 2.87 bits per heavy atom. The first-order valence-corrected chi connectivity index (χ1v) is 5.84. The molecule has 15 heavy (non-hydrogen) atoms. The second-order valence-corrected chi connectivity index (χ2v) is 4.82. The lowest BCUT2D eigenvalue weighted by molar-refractivity contribution is -0.123. The van der Waals surface area contributed by atoms with Gasteiger partial charge in [-0.25, -0.2) is 4.98 Å². The van der Waals surface area contributed by atoms with Crippen LogP contribution in [0.25, 0.3) is 0 Å². The molecule has 5 heteroatoms. The van der Waals surface area contributed by atoms with Gasteiger partial charge in [-0.05, 0) is 20.3 Å². The summed E-state index contributed by atoms with van der Waals surface area (Å²) < 4.78 is 0. The number of nitrogens with two attached hydrogens (primary N) is 1. The lowest BCUT2D eigenvalue weighted by atomic mass is 10.2. The van der Waals surface area contributed by atoms with Gasteiger partial charge in [0.05, 0.1) is 12.1 Å². The highest BCUT2D eigenvalue weighted by Gasteiger charge is 2.16. The van der Waals surface area contributed by atoms with E-state index in [0.29, 0.717) is 6.42 Å². The molecule has 0 aliphatic rings. The van der Waals surface area contributed by atoms with Gasteiger partial charge in [-0.15, -0.1) is 11.3 Å². The predicted molar refractivity (Wildman–Crippen MR) is 61.7 cm³/mol. The van der Waals surface area contributed by atoms with E-state index >= 15 is 0 Å². The Morgan fingerprint density at radius 2 is 2.40 bits per heavy atom. The van der Waals surface area contributed by atoms with Crippen molar-refractivity contribution in [3.05, 3.63) is 16.1 Å². The molecule has 0 aromatic carbocycles. The summed E-state index contributed by atoms with van der Waals surface area (Å²) in [5, 5.41) is 3.76. The maximum absolute atomic E-state index is 11.5. The molecule has 1 rings (SSSR count). The minimum absolute atomic E-state index is 0.0613. The number of nitrogens with zero attached hydrogens (tertiary/aromatic N) is 1. The fraction of sp³-hybridized carbons (Fsp3) is 0.600. The lowest BCUT2D eigenvalue weighted by Crippen LogP contribution is -2.41. The molecule has 0 radical (unpaired) electrons. The van der Waals surface area contributed by atoms with Crippen LogP contribution in [0.15, 0.2) is 6.20 Å². The van der Waals surface area contributed by atoms with E-state index in [1.807, 2.05) is 27.0 Å². The quantitative estimate of drug-likeness (QED) is 0.816. The SMILES string of the molecule is CCC(N)C(=O)NC(C)c1ncc(C)s1. The van der Waals surface area contributed by atoms with Gasteiger partial charge >= 0.3 is 0 Å². The van der Waals surface area contributed by atoms with Crippen LogP contribution in [0.3, 0.4) is 0 Å². The van der Waals surface area contributed by atoms with Gasteiger partial charge < -0.3 is 11.1 Å². The summed E-state index contributed by atoms with van der Waals surface area (Å²) in [6, 6.07) is -0.484. The molecule has 2 unspecified atom stereocenters. The van der Waals surface area contributed by atoms with Crippen LogP contribution in [0.2, 0.25) is 0 Å². The number of aromatic nitrogens is 1. The smallest absolute Gasteiger partial charge is 0.237 e. The monoisotopic (exact) mass is 227 g/mol. The normalized spacial score (nSPS) is 14.7. The van der Waals surface area contributed by atoms with E-state index < -0.39 is 6.04 Å². The maximum Gasteiger partial charge on any atom is 0.237 e. The summed E-state index contributed by atoms with van der Waals surface area (Å²) in [5.41, 5.74) is 5.62. The molecule has 0 aliphatic heterocycles. The van der Waals surface area contributed by atoms with Crippen molar-refractivity contribution >= 4 is 17.2 Å². The second kappa shape index (κ2) is 5.23. The molecule has 0 aliphatic carbocycles. The minimum Gasteiger partial charge on any atom is -0.346 e. The third kappa shape index (κ3) is 3.28. The number of carbonyl (C=O) groups excluding carboxylic acids is 1. The topological polar surface area (TPSA) is 68.0 Å². The van der Waals surface area contributed by atoms with Gasteiger partial charge in [0, 0.05) is 11.1 Å². The van der Waals surface area contributed by atoms with Crippen molar-refractivity contribution in [3.8, 4) is 0 Å². The van der Waals surface area contributed by atoms with Crippen LogP contribution in [-0.2, 0) is 4.79 Å². The molecule has 4 nitrogen and oxygen atoms in total. The highest BCUT2D eigenvalue weighted by molar-refractivity contribution is 7.11. The van der Waals surface area contributed by atoms with E-state index in [9.17, 15) is 4.79 Å². The number of amides is 1. The molecule has 1 heterocycles. The highest BCUT2D eigenvalue weighted by atomic mass is 32.1. The minimum atomic E-state index is -0.423. The molecule has 1 aromatic rings. The molecule has 0 fully saturated rings. The molecule has 0 saturated heterocycles. The highest BCUT2D eigenvalue weighted by Crippen LogP contribution is 2.18. The van der Waals surface area contributed by atoms with Crippen molar-refractivity contribution < 1.29 is 4.79 Å². The van der Waals surface area contributed by atoms with Crippen LogP contribution in [0.1, 0.15) is 36.2 Å². The van der Waals surface area contributed by atoms with Crippen LogP contribution in [-0.4, -0.2) is 16.9 Å². The molecule has 84 valence electrons. The predicted octanol–water partition coefficient (Wildman–Crippen LogP) is 1.37. The largest absolute Gasteiger partial charge is 0.346 e. The maximum atomic E-state index is 11.5. The first-order chi connectivity index (χ1) is 7.04. The van der Waals surface area contributed by atoms with Crippen molar-refractivity contribution in [1.29, 1.82) is 0 Å². The molecular formula is C10H17N3OS. The van der Waals surface area contributed by atoms with Gasteiger partial charge in [-0.3, -0.25) is 4.79 Å². The van der Waals surface area contributed by atoms with Crippen LogP contribution >= 0.6 is 11.3 Å². The first kappa shape index (κ1) is 12.1. The van der Waals surface area contributed by atoms with E-state index in [-0.39, 0.29) is 11.9 Å². The van der Waals surface area contributed by atoms with Crippen LogP contribution in [0.4, 0.5) is 0 Å². The molecule has 2 atom stereocenters. The average Bonchev–Trinajstić information content (AvgIpc) is 2.63. The Hall–Kier alpha value is -0.940. The van der Waals surface area contributed by atoms with E-state index in [4.69, 9.17) is 5.73 Å². The average molecular weight is 227 g/mol. The molecule has 0 spiro atoms. The van der Waals surface area contributed by atoms with Crippen LogP contribution < -0.4 is 11.1 Å². The fourth-order valence-corrected chi connectivity index (χ4v) is 1.92. The standard InChI is InChI=1S/C10H17N3OS/c1-4-8(11)9(14)13-7(3)10-12-5-6(2)15-10/h5,7-8H,4,11H2,1-3H3,(H,13,14). The number of aryl methyl sites for hydroxylation is 1. The number of hydrogen-bond donors (Lipinski definition) is 2. The van der Waals surface area contributed by atoms with E-state index in [1.165, 1.54) is 0 Å². The zero-order chi connectivity index (χ0) is 11.4.